The summed E-state index contributed by atoms with van der Waals surface area (Å²) in [4.78, 5) is 19.5. The maximum absolute atomic E-state index is 11.1. The van der Waals surface area contributed by atoms with Crippen LogP contribution in [0.1, 0.15) is 6.92 Å². The number of benzene rings is 4. The van der Waals surface area contributed by atoms with E-state index < -0.39 is 4.92 Å². The molecule has 0 spiro atoms. The smallest absolute Gasteiger partial charge is 0.409 e. The molecule has 14 heteroatoms. The fourth-order valence-electron chi connectivity index (χ4n) is 4.44. The zero-order valence-corrected chi connectivity index (χ0v) is 26.6. The molecule has 0 aliphatic rings. The van der Waals surface area contributed by atoms with Crippen molar-refractivity contribution >= 4 is 94.2 Å². The number of non-ortho nitro benzene ring substituents is 1. The van der Waals surface area contributed by atoms with Gasteiger partial charge in [0.15, 0.2) is 5.52 Å². The molecule has 6 rings (SSSR count). The highest BCUT2D eigenvalue weighted by atomic mass is 32.1. The first kappa shape index (κ1) is 30.4. The molecule has 0 N–H and O–H groups in total. The predicted molar refractivity (Wildman–Crippen MR) is 181 cm³/mol. The molecule has 0 unspecified atom stereocenters. The van der Waals surface area contributed by atoms with Gasteiger partial charge in [-0.2, -0.15) is 0 Å². The first-order chi connectivity index (χ1) is 22.4. The fourth-order valence-corrected chi connectivity index (χ4v) is 6.34. The number of nitrogens with zero attached hydrogens (tertiary/aromatic N) is 9. The first-order valence-corrected chi connectivity index (χ1v) is 15.7. The highest BCUT2D eigenvalue weighted by Gasteiger charge is 2.19. The quantitative estimate of drug-likeness (QED) is 0.0482. The molecule has 2 heterocycles. The Balaban J connectivity index is 1.04. The van der Waals surface area contributed by atoms with Crippen molar-refractivity contribution in [3.05, 3.63) is 95.0 Å². The van der Waals surface area contributed by atoms with Crippen molar-refractivity contribution in [3.8, 4) is 5.75 Å². The summed E-state index contributed by atoms with van der Waals surface area (Å²) in [6.07, 6.45) is 3.25. The molecule has 0 saturated heterocycles. The monoisotopic (exact) mass is 649 g/mol. The second kappa shape index (κ2) is 13.6. The predicted octanol–water partition coefficient (Wildman–Crippen LogP) is 9.01. The van der Waals surface area contributed by atoms with Crippen LogP contribution in [0.25, 0.3) is 20.4 Å². The van der Waals surface area contributed by atoms with Crippen molar-refractivity contribution in [1.82, 2.24) is 0 Å². The van der Waals surface area contributed by atoms with E-state index in [1.807, 2.05) is 92.3 Å². The summed E-state index contributed by atoms with van der Waals surface area (Å²) in [7, 11) is 3.78. The van der Waals surface area contributed by atoms with E-state index in [1.165, 1.54) is 23.5 Å². The largest absolute Gasteiger partial charge is 0.494 e. The van der Waals surface area contributed by atoms with Gasteiger partial charge in [-0.25, -0.2) is 9.13 Å². The molecule has 0 bridgehead atoms. The lowest BCUT2D eigenvalue weighted by atomic mass is 10.3. The number of thiazole rings is 2. The van der Waals surface area contributed by atoms with E-state index in [4.69, 9.17) is 4.74 Å². The van der Waals surface area contributed by atoms with Crippen molar-refractivity contribution in [2.45, 2.75) is 6.92 Å². The molecule has 12 nitrogen and oxygen atoms in total. The van der Waals surface area contributed by atoms with E-state index >= 15 is 0 Å². The summed E-state index contributed by atoms with van der Waals surface area (Å²) in [5, 5.41) is 30.0. The number of hydrogen-bond donors (Lipinski definition) is 0. The molecule has 0 amide bonds. The summed E-state index contributed by atoms with van der Waals surface area (Å²) in [5.74, 6) is 0.836. The molecule has 228 valence electrons. The van der Waals surface area contributed by atoms with Gasteiger partial charge in [0, 0.05) is 24.6 Å². The number of hydrogen-bond acceptors (Lipinski definition) is 11. The normalized spacial score (nSPS) is 12.2. The Morgan fingerprint density at radius 2 is 1.17 bits per heavy atom. The van der Waals surface area contributed by atoms with Gasteiger partial charge in [-0.1, -0.05) is 0 Å². The number of azo groups is 2. The van der Waals surface area contributed by atoms with Crippen LogP contribution >= 0.6 is 22.7 Å². The van der Waals surface area contributed by atoms with Crippen LogP contribution in [0.15, 0.2) is 115 Å². The van der Waals surface area contributed by atoms with Gasteiger partial charge < -0.3 is 4.74 Å². The second-order valence-corrected chi connectivity index (χ2v) is 11.9. The van der Waals surface area contributed by atoms with Gasteiger partial charge >= 0.3 is 10.3 Å². The molecule has 0 atom stereocenters. The maximum Gasteiger partial charge on any atom is 0.409 e. The van der Waals surface area contributed by atoms with Gasteiger partial charge in [0.1, 0.15) is 22.6 Å². The molecule has 6 aromatic rings. The number of rotatable bonds is 10. The lowest BCUT2D eigenvalue weighted by Crippen LogP contribution is -2.25. The van der Waals surface area contributed by atoms with Gasteiger partial charge in [-0.15, -0.1) is 0 Å². The van der Waals surface area contributed by atoms with Crippen LogP contribution in [0, 0.1) is 10.1 Å². The first-order valence-electron chi connectivity index (χ1n) is 14.1. The number of aliphatic imine (C=N–C) groups is 2. The maximum atomic E-state index is 11.1. The zero-order valence-electron chi connectivity index (χ0n) is 25.0. The van der Waals surface area contributed by atoms with E-state index in [1.54, 1.807) is 34.4 Å². The van der Waals surface area contributed by atoms with Crippen molar-refractivity contribution in [2.24, 2.45) is 44.5 Å². The Kier molecular flexibility index (Phi) is 8.98. The second-order valence-electron chi connectivity index (χ2n) is 9.85. The summed E-state index contributed by atoms with van der Waals surface area (Å²) >= 11 is 2.98. The Morgan fingerprint density at radius 1 is 0.696 bits per heavy atom. The zero-order chi connectivity index (χ0) is 32.0. The van der Waals surface area contributed by atoms with E-state index in [9.17, 15) is 10.1 Å². The number of nitro groups is 1. The van der Waals surface area contributed by atoms with Crippen molar-refractivity contribution < 1.29 is 18.8 Å². The number of aryl methyl sites for hydroxylation is 2. The van der Waals surface area contributed by atoms with E-state index in [0.29, 0.717) is 17.4 Å². The summed E-state index contributed by atoms with van der Waals surface area (Å²) < 4.78 is 11.4. The van der Waals surface area contributed by atoms with Gasteiger partial charge in [0.25, 0.3) is 5.69 Å². The molecule has 0 aliphatic heterocycles. The minimum absolute atomic E-state index is 0.0391. The van der Waals surface area contributed by atoms with Crippen LogP contribution in [0.2, 0.25) is 0 Å². The van der Waals surface area contributed by atoms with Gasteiger partial charge in [0.05, 0.1) is 62.7 Å². The molecular weight excluding hydrogens is 623 g/mol. The van der Waals surface area contributed by atoms with Crippen LogP contribution in [0.4, 0.5) is 38.7 Å². The Bertz CT molecular complexity index is 2170. The van der Waals surface area contributed by atoms with Crippen LogP contribution < -0.4 is 13.9 Å². The van der Waals surface area contributed by atoms with E-state index in [-0.39, 0.29) is 5.69 Å². The third-order valence-electron chi connectivity index (χ3n) is 6.81. The minimum atomic E-state index is -0.409. The van der Waals surface area contributed by atoms with E-state index in [2.05, 4.69) is 30.4 Å². The SMILES string of the molecule is CCOc1ccc2sc(N=Nc3ccc(N=CC=Nc4ccc(N=Nc5sc6ccc([N+](=O)[O-])cc6[n+]5C)cc4)cc3)[n+](C)c2c1. The summed E-state index contributed by atoms with van der Waals surface area (Å²) in [5.41, 5.74) is 4.71. The molecule has 0 aliphatic carbocycles. The topological polar surface area (TPSA) is 134 Å². The van der Waals surface area contributed by atoms with Crippen molar-refractivity contribution in [2.75, 3.05) is 6.61 Å². The number of fused-ring (bicyclic) bond motifs is 2. The summed E-state index contributed by atoms with van der Waals surface area (Å²) in [6, 6.07) is 25.5. The Hall–Kier alpha value is -5.60. The number of aromatic nitrogens is 2. The Labute approximate surface area is 271 Å². The Morgan fingerprint density at radius 3 is 1.67 bits per heavy atom. The highest BCUT2D eigenvalue weighted by molar-refractivity contribution is 7.21. The van der Waals surface area contributed by atoms with Gasteiger partial charge in [-0.05, 0) is 107 Å². The van der Waals surface area contributed by atoms with Crippen molar-refractivity contribution in [3.63, 3.8) is 0 Å². The minimum Gasteiger partial charge on any atom is -0.494 e. The van der Waals surface area contributed by atoms with Crippen LogP contribution in [0.5, 0.6) is 5.75 Å². The molecule has 46 heavy (non-hydrogen) atoms. The van der Waals surface area contributed by atoms with Gasteiger partial charge in [0.2, 0.25) is 0 Å². The van der Waals surface area contributed by atoms with Crippen LogP contribution in [-0.4, -0.2) is 24.0 Å². The number of nitro benzene ring substituents is 1. The lowest BCUT2D eigenvalue weighted by molar-refractivity contribution is -0.628. The molecule has 0 radical (unpaired) electrons. The molecular formula is C32H27N9O3S2+2. The standard InChI is InChI=1S/C32H27N9O3S2/c1-4-44-26-14-16-30-28(20-26)40(3)32(46-30)38-36-24-11-7-22(8-12-24)34-18-17-33-21-5-9-23(10-6-21)35-37-31-39(2)27-19-25(41(42)43)13-15-29(27)45-31/h5-20H,4H2,1-3H3/q+2. The lowest BCUT2D eigenvalue weighted by Gasteiger charge is -2.00. The molecule has 4 aromatic carbocycles. The summed E-state index contributed by atoms with van der Waals surface area (Å²) in [6.45, 7) is 2.59. The van der Waals surface area contributed by atoms with Crippen LogP contribution in [-0.2, 0) is 14.1 Å². The third-order valence-corrected chi connectivity index (χ3v) is 9.02. The van der Waals surface area contributed by atoms with E-state index in [0.717, 1.165) is 48.4 Å². The fraction of sp³-hybridized carbons (Fsp3) is 0.125. The van der Waals surface area contributed by atoms with Gasteiger partial charge in [-0.3, -0.25) is 20.1 Å². The third kappa shape index (κ3) is 6.87. The molecule has 2 aromatic heterocycles. The molecule has 0 saturated carbocycles. The van der Waals surface area contributed by atoms with Crippen molar-refractivity contribution in [1.29, 1.82) is 0 Å². The average Bonchev–Trinajstić information content (AvgIpc) is 3.56. The average molecular weight is 650 g/mol. The number of ether oxygens (including phenoxy) is 1. The highest BCUT2D eigenvalue weighted by Crippen LogP contribution is 2.31. The molecule has 0 fully saturated rings. The van der Waals surface area contributed by atoms with Crippen LogP contribution in [0.3, 0.4) is 0 Å².